The zero-order valence-electron chi connectivity index (χ0n) is 16.9. The molecule has 1 atom stereocenters. The van der Waals surface area contributed by atoms with Crippen LogP contribution in [0, 0.1) is 6.92 Å². The molecule has 1 aliphatic rings. The van der Waals surface area contributed by atoms with E-state index >= 15 is 0 Å². The molecule has 0 bridgehead atoms. The van der Waals surface area contributed by atoms with Gasteiger partial charge in [-0.25, -0.2) is 4.68 Å². The van der Waals surface area contributed by atoms with Gasteiger partial charge in [0.1, 0.15) is 11.9 Å². The molecule has 1 heterocycles. The molecule has 150 valence electrons. The lowest BCUT2D eigenvalue weighted by molar-refractivity contribution is -0.676. The van der Waals surface area contributed by atoms with Crippen LogP contribution in [0.4, 0.5) is 5.82 Å². The number of aromatic nitrogens is 2. The molecule has 3 aromatic rings. The van der Waals surface area contributed by atoms with Gasteiger partial charge < -0.3 is 10.6 Å². The van der Waals surface area contributed by atoms with Crippen LogP contribution >= 0.6 is 0 Å². The summed E-state index contributed by atoms with van der Waals surface area (Å²) in [4.78, 5) is 12.7. The van der Waals surface area contributed by atoms with Gasteiger partial charge in [-0.1, -0.05) is 73.0 Å². The average Bonchev–Trinajstić information content (AvgIpc) is 3.42. The summed E-state index contributed by atoms with van der Waals surface area (Å²) in [5.74, 6) is 0.805. The maximum absolute atomic E-state index is 12.7. The Hall–Kier alpha value is -2.92. The van der Waals surface area contributed by atoms with E-state index < -0.39 is 0 Å². The van der Waals surface area contributed by atoms with E-state index in [9.17, 15) is 4.79 Å². The zero-order chi connectivity index (χ0) is 20.1. The van der Waals surface area contributed by atoms with Crippen molar-refractivity contribution >= 4 is 11.7 Å². The fourth-order valence-corrected chi connectivity index (χ4v) is 4.17. The van der Waals surface area contributed by atoms with E-state index in [1.54, 1.807) is 6.20 Å². The second kappa shape index (κ2) is 9.05. The van der Waals surface area contributed by atoms with E-state index in [2.05, 4.69) is 59.1 Å². The summed E-state index contributed by atoms with van der Waals surface area (Å²) < 4.78 is 1.99. The number of quaternary nitrogens is 1. The van der Waals surface area contributed by atoms with Gasteiger partial charge >= 0.3 is 0 Å². The number of nitrogens with zero attached hydrogens (tertiary/aromatic N) is 2. The second-order valence-corrected chi connectivity index (χ2v) is 7.89. The van der Waals surface area contributed by atoms with Crippen molar-refractivity contribution in [1.29, 1.82) is 0 Å². The van der Waals surface area contributed by atoms with Crippen LogP contribution in [-0.2, 0) is 4.79 Å². The topological polar surface area (TPSA) is 63.5 Å². The molecule has 1 aromatic heterocycles. The van der Waals surface area contributed by atoms with Crippen molar-refractivity contribution in [3.8, 4) is 0 Å². The summed E-state index contributed by atoms with van der Waals surface area (Å²) in [5, 5.41) is 9.61. The van der Waals surface area contributed by atoms with Crippen LogP contribution in [0.1, 0.15) is 54.5 Å². The number of rotatable bonds is 7. The molecule has 1 amide bonds. The molecule has 1 fully saturated rings. The van der Waals surface area contributed by atoms with Crippen LogP contribution in [0.25, 0.3) is 0 Å². The van der Waals surface area contributed by atoms with Gasteiger partial charge in [0.2, 0.25) is 0 Å². The largest absolute Gasteiger partial charge is 0.328 e. The highest BCUT2D eigenvalue weighted by atomic mass is 16.2. The molecule has 4 rings (SSSR count). The van der Waals surface area contributed by atoms with Crippen LogP contribution in [0.15, 0.2) is 66.9 Å². The van der Waals surface area contributed by atoms with E-state index in [-0.39, 0.29) is 11.9 Å². The van der Waals surface area contributed by atoms with Gasteiger partial charge in [-0.05, 0) is 19.8 Å². The van der Waals surface area contributed by atoms with E-state index in [1.165, 1.54) is 29.5 Å². The lowest BCUT2D eigenvalue weighted by Gasteiger charge is -2.18. The van der Waals surface area contributed by atoms with Crippen molar-refractivity contribution in [3.05, 3.63) is 83.6 Å². The van der Waals surface area contributed by atoms with Crippen molar-refractivity contribution in [1.82, 2.24) is 9.78 Å². The highest BCUT2D eigenvalue weighted by Crippen LogP contribution is 2.31. The number of benzene rings is 2. The first-order valence-corrected chi connectivity index (χ1v) is 10.5. The fourth-order valence-electron chi connectivity index (χ4n) is 4.17. The van der Waals surface area contributed by atoms with Gasteiger partial charge in [-0.15, -0.1) is 0 Å². The molecule has 0 aliphatic heterocycles. The molecule has 5 heteroatoms. The lowest BCUT2D eigenvalue weighted by Crippen LogP contribution is -2.87. The van der Waals surface area contributed by atoms with Crippen molar-refractivity contribution in [3.63, 3.8) is 0 Å². The van der Waals surface area contributed by atoms with Crippen molar-refractivity contribution in [2.45, 2.75) is 44.7 Å². The van der Waals surface area contributed by atoms with Gasteiger partial charge in [-0.3, -0.25) is 4.79 Å². The first kappa shape index (κ1) is 19.4. The highest BCUT2D eigenvalue weighted by Gasteiger charge is 2.22. The third kappa shape index (κ3) is 4.74. The summed E-state index contributed by atoms with van der Waals surface area (Å²) in [6.07, 6.45) is 6.53. The molecule has 1 aliphatic carbocycles. The molecule has 29 heavy (non-hydrogen) atoms. The average molecular weight is 390 g/mol. The number of nitrogens with two attached hydrogens (primary N) is 1. The van der Waals surface area contributed by atoms with Crippen LogP contribution in [0.3, 0.4) is 0 Å². The summed E-state index contributed by atoms with van der Waals surface area (Å²) in [7, 11) is 0. The van der Waals surface area contributed by atoms with E-state index in [0.29, 0.717) is 12.6 Å². The van der Waals surface area contributed by atoms with E-state index in [1.807, 2.05) is 28.9 Å². The highest BCUT2D eigenvalue weighted by molar-refractivity contribution is 5.90. The predicted octanol–water partition coefficient (Wildman–Crippen LogP) is 3.60. The van der Waals surface area contributed by atoms with E-state index in [4.69, 9.17) is 0 Å². The Bertz CT molecular complexity index is 927. The molecule has 2 aromatic carbocycles. The minimum atomic E-state index is -0.00205. The van der Waals surface area contributed by atoms with Gasteiger partial charge in [0.15, 0.2) is 6.54 Å². The molecule has 0 saturated heterocycles. The monoisotopic (exact) mass is 389 g/mol. The summed E-state index contributed by atoms with van der Waals surface area (Å²) in [6.45, 7) is 2.44. The van der Waals surface area contributed by atoms with Crippen LogP contribution in [-0.4, -0.2) is 22.2 Å². The van der Waals surface area contributed by atoms with Gasteiger partial charge in [0.05, 0.1) is 12.2 Å². The number of hydrogen-bond acceptors (Lipinski definition) is 2. The maximum atomic E-state index is 12.7. The Kier molecular flexibility index (Phi) is 6.06. The Morgan fingerprint density at radius 2 is 1.76 bits per heavy atom. The summed E-state index contributed by atoms with van der Waals surface area (Å²) >= 11 is 0. The molecular weight excluding hydrogens is 360 g/mol. The van der Waals surface area contributed by atoms with Crippen molar-refractivity contribution in [2.24, 2.45) is 0 Å². The number of carbonyl (C=O) groups excluding carboxylic acids is 1. The number of anilines is 1. The maximum Gasteiger partial charge on any atom is 0.280 e. The molecule has 0 radical (unpaired) electrons. The SMILES string of the molecule is Cc1ccc([C@@H]([NH2+]CC(=O)Nc2ccnn2C2CCCC2)c2ccccc2)cc1. The van der Waals surface area contributed by atoms with Gasteiger partial charge in [0.25, 0.3) is 5.91 Å². The number of hydrogen-bond donors (Lipinski definition) is 2. The Balaban J connectivity index is 1.44. The van der Waals surface area contributed by atoms with Gasteiger partial charge in [-0.2, -0.15) is 5.10 Å². The number of carbonyl (C=O) groups is 1. The number of nitrogens with one attached hydrogen (secondary N) is 1. The predicted molar refractivity (Wildman–Crippen MR) is 115 cm³/mol. The van der Waals surface area contributed by atoms with Crippen molar-refractivity contribution in [2.75, 3.05) is 11.9 Å². The standard InChI is InChI=1S/C24H28N4O/c1-18-11-13-20(14-12-18)24(19-7-3-2-4-8-19)25-17-23(29)27-22-15-16-26-28(22)21-9-5-6-10-21/h2-4,7-8,11-16,21,24-25H,5-6,9-10,17H2,1H3,(H,27,29)/p+1/t24-/m0/s1. The van der Waals surface area contributed by atoms with Crippen LogP contribution in [0.5, 0.6) is 0 Å². The third-order valence-electron chi connectivity index (χ3n) is 5.74. The zero-order valence-corrected chi connectivity index (χ0v) is 16.9. The molecule has 0 unspecified atom stereocenters. The molecule has 5 nitrogen and oxygen atoms in total. The number of amides is 1. The quantitative estimate of drug-likeness (QED) is 0.649. The Labute approximate surface area is 172 Å². The minimum absolute atomic E-state index is 0.00205. The minimum Gasteiger partial charge on any atom is -0.328 e. The summed E-state index contributed by atoms with van der Waals surface area (Å²) in [6, 6.07) is 21.3. The first-order valence-electron chi connectivity index (χ1n) is 10.5. The Morgan fingerprint density at radius 1 is 1.07 bits per heavy atom. The number of aryl methyl sites for hydroxylation is 1. The lowest BCUT2D eigenvalue weighted by atomic mass is 9.98. The van der Waals surface area contributed by atoms with Crippen LogP contribution < -0.4 is 10.6 Å². The van der Waals surface area contributed by atoms with Gasteiger partial charge in [0, 0.05) is 17.2 Å². The normalized spacial score (nSPS) is 15.3. The third-order valence-corrected chi connectivity index (χ3v) is 5.74. The van der Waals surface area contributed by atoms with Crippen molar-refractivity contribution < 1.29 is 10.1 Å². The first-order chi connectivity index (χ1) is 14.2. The fraction of sp³-hybridized carbons (Fsp3) is 0.333. The second-order valence-electron chi connectivity index (χ2n) is 7.89. The smallest absolute Gasteiger partial charge is 0.280 e. The van der Waals surface area contributed by atoms with E-state index in [0.717, 1.165) is 18.7 Å². The molecule has 0 spiro atoms. The summed E-state index contributed by atoms with van der Waals surface area (Å²) in [5.41, 5.74) is 3.63. The molecule has 3 N–H and O–H groups in total. The van der Waals surface area contributed by atoms with Crippen LogP contribution in [0.2, 0.25) is 0 Å². The molecular formula is C24H29N4O+. The molecule has 1 saturated carbocycles. The Morgan fingerprint density at radius 3 is 2.48 bits per heavy atom.